The Labute approximate surface area is 123 Å². The highest BCUT2D eigenvalue weighted by Crippen LogP contribution is 2.55. The quantitative estimate of drug-likeness (QED) is 0.927. The summed E-state index contributed by atoms with van der Waals surface area (Å²) < 4.78 is 5.29. The molecule has 112 valence electrons. The fourth-order valence-corrected chi connectivity index (χ4v) is 3.69. The lowest BCUT2D eigenvalue weighted by atomic mass is 9.56. The normalized spacial score (nSPS) is 30.4. The van der Waals surface area contributed by atoms with Gasteiger partial charge < -0.3 is 14.7 Å². The van der Waals surface area contributed by atoms with Crippen LogP contribution in [0.15, 0.2) is 30.3 Å². The summed E-state index contributed by atoms with van der Waals surface area (Å²) in [5.74, 6) is -0.378. The minimum Gasteiger partial charge on any atom is -0.481 e. The van der Waals surface area contributed by atoms with Crippen molar-refractivity contribution in [3.05, 3.63) is 35.9 Å². The van der Waals surface area contributed by atoms with Crippen molar-refractivity contribution in [3.8, 4) is 0 Å². The summed E-state index contributed by atoms with van der Waals surface area (Å²) in [6, 6.07) is 9.46. The molecule has 0 bridgehead atoms. The van der Waals surface area contributed by atoms with Crippen molar-refractivity contribution in [2.24, 2.45) is 17.3 Å². The van der Waals surface area contributed by atoms with E-state index in [9.17, 15) is 14.7 Å². The average Bonchev–Trinajstić information content (AvgIpc) is 2.80. The van der Waals surface area contributed by atoms with Crippen molar-refractivity contribution < 1.29 is 19.4 Å². The molecule has 3 rings (SSSR count). The van der Waals surface area contributed by atoms with Gasteiger partial charge in [0, 0.05) is 13.1 Å². The second-order valence-electron chi connectivity index (χ2n) is 6.17. The van der Waals surface area contributed by atoms with Crippen molar-refractivity contribution in [1.82, 2.24) is 4.90 Å². The van der Waals surface area contributed by atoms with Gasteiger partial charge in [-0.2, -0.15) is 0 Å². The van der Waals surface area contributed by atoms with Crippen LogP contribution in [-0.4, -0.2) is 35.2 Å². The number of amides is 1. The highest BCUT2D eigenvalue weighted by molar-refractivity contribution is 5.79. The molecule has 1 saturated heterocycles. The zero-order valence-corrected chi connectivity index (χ0v) is 12.0. The van der Waals surface area contributed by atoms with E-state index in [0.717, 1.165) is 5.56 Å². The van der Waals surface area contributed by atoms with Gasteiger partial charge in [0.05, 0.1) is 5.41 Å². The molecule has 2 fully saturated rings. The maximum Gasteiger partial charge on any atom is 0.410 e. The van der Waals surface area contributed by atoms with Gasteiger partial charge in [-0.3, -0.25) is 4.79 Å². The number of aliphatic carboxylic acids is 1. The van der Waals surface area contributed by atoms with E-state index in [-0.39, 0.29) is 19.1 Å². The molecule has 5 heteroatoms. The maximum atomic E-state index is 12.1. The minimum absolute atomic E-state index is 0.0549. The van der Waals surface area contributed by atoms with Crippen LogP contribution in [0.4, 0.5) is 4.79 Å². The van der Waals surface area contributed by atoms with E-state index in [1.54, 1.807) is 4.90 Å². The Morgan fingerprint density at radius 1 is 1.38 bits per heavy atom. The first-order chi connectivity index (χ1) is 10.0. The van der Waals surface area contributed by atoms with Crippen molar-refractivity contribution >= 4 is 12.1 Å². The van der Waals surface area contributed by atoms with Crippen LogP contribution in [0, 0.1) is 17.3 Å². The molecule has 3 unspecified atom stereocenters. The predicted octanol–water partition coefficient (Wildman–Crippen LogP) is 2.37. The zero-order chi connectivity index (χ0) is 15.0. The van der Waals surface area contributed by atoms with Crippen molar-refractivity contribution in [2.45, 2.75) is 20.0 Å². The van der Waals surface area contributed by atoms with E-state index < -0.39 is 17.5 Å². The highest BCUT2D eigenvalue weighted by atomic mass is 16.6. The zero-order valence-electron chi connectivity index (χ0n) is 12.0. The number of hydrogen-bond acceptors (Lipinski definition) is 3. The first-order valence-electron chi connectivity index (χ1n) is 7.22. The molecule has 1 aliphatic carbocycles. The van der Waals surface area contributed by atoms with Crippen LogP contribution in [0.3, 0.4) is 0 Å². The molecule has 3 atom stereocenters. The smallest absolute Gasteiger partial charge is 0.410 e. The van der Waals surface area contributed by atoms with E-state index in [0.29, 0.717) is 18.9 Å². The molecule has 2 aliphatic rings. The van der Waals surface area contributed by atoms with Crippen LogP contribution in [0.2, 0.25) is 0 Å². The van der Waals surface area contributed by atoms with Crippen LogP contribution < -0.4 is 0 Å². The van der Waals surface area contributed by atoms with Crippen molar-refractivity contribution in [3.63, 3.8) is 0 Å². The van der Waals surface area contributed by atoms with E-state index in [1.165, 1.54) is 0 Å². The first kappa shape index (κ1) is 13.9. The first-order valence-corrected chi connectivity index (χ1v) is 7.22. The van der Waals surface area contributed by atoms with Crippen LogP contribution in [0.1, 0.15) is 18.9 Å². The summed E-state index contributed by atoms with van der Waals surface area (Å²) in [6.07, 6.45) is 0.233. The molecule has 1 aromatic carbocycles. The van der Waals surface area contributed by atoms with E-state index in [1.807, 2.05) is 37.3 Å². The van der Waals surface area contributed by atoms with Gasteiger partial charge in [0.25, 0.3) is 0 Å². The number of hydrogen-bond donors (Lipinski definition) is 1. The second-order valence-corrected chi connectivity index (χ2v) is 6.17. The van der Waals surface area contributed by atoms with Crippen LogP contribution >= 0.6 is 0 Å². The van der Waals surface area contributed by atoms with E-state index >= 15 is 0 Å². The standard InChI is InChI=1S/C16H19NO4/c1-11-7-16(14(18)19)10-17(8-13(11)16)15(20)21-9-12-5-3-2-4-6-12/h2-6,11,13H,7-10H2,1H3,(H,18,19). The minimum atomic E-state index is -0.788. The topological polar surface area (TPSA) is 66.8 Å². The van der Waals surface area contributed by atoms with Gasteiger partial charge in [-0.1, -0.05) is 37.3 Å². The average molecular weight is 289 g/mol. The van der Waals surface area contributed by atoms with Crippen molar-refractivity contribution in [2.75, 3.05) is 13.1 Å². The Morgan fingerprint density at radius 2 is 2.10 bits per heavy atom. The van der Waals surface area contributed by atoms with Gasteiger partial charge in [0.15, 0.2) is 0 Å². The molecule has 1 aromatic rings. The molecule has 1 aliphatic heterocycles. The summed E-state index contributed by atoms with van der Waals surface area (Å²) in [5, 5.41) is 9.44. The van der Waals surface area contributed by atoms with Crippen LogP contribution in [-0.2, 0) is 16.1 Å². The van der Waals surface area contributed by atoms with E-state index in [2.05, 4.69) is 0 Å². The van der Waals surface area contributed by atoms with Crippen LogP contribution in [0.25, 0.3) is 0 Å². The van der Waals surface area contributed by atoms with Crippen molar-refractivity contribution in [1.29, 1.82) is 0 Å². The Morgan fingerprint density at radius 3 is 2.67 bits per heavy atom. The summed E-state index contributed by atoms with van der Waals surface area (Å²) in [4.78, 5) is 25.2. The van der Waals surface area contributed by atoms with Gasteiger partial charge >= 0.3 is 12.1 Å². The molecule has 1 saturated carbocycles. The summed E-state index contributed by atoms with van der Waals surface area (Å²) in [7, 11) is 0. The molecule has 1 amide bonds. The number of rotatable bonds is 3. The number of carboxylic acid groups (broad SMARTS) is 1. The summed E-state index contributed by atoms with van der Waals surface area (Å²) in [5.41, 5.74) is 0.180. The number of nitrogens with zero attached hydrogens (tertiary/aromatic N) is 1. The monoisotopic (exact) mass is 289 g/mol. The number of carboxylic acids is 1. The SMILES string of the molecule is CC1CC2(C(=O)O)CN(C(=O)OCc3ccccc3)CC12. The molecule has 1 N–H and O–H groups in total. The number of fused-ring (bicyclic) bond motifs is 1. The number of carbonyl (C=O) groups excluding carboxylic acids is 1. The summed E-state index contributed by atoms with van der Waals surface area (Å²) in [6.45, 7) is 3.02. The summed E-state index contributed by atoms with van der Waals surface area (Å²) >= 11 is 0. The number of carbonyl (C=O) groups is 2. The highest BCUT2D eigenvalue weighted by Gasteiger charge is 2.63. The Bertz CT molecular complexity index is 559. The third-order valence-corrected chi connectivity index (χ3v) is 4.86. The van der Waals surface area contributed by atoms with Gasteiger partial charge in [0.1, 0.15) is 6.61 Å². The maximum absolute atomic E-state index is 12.1. The van der Waals surface area contributed by atoms with Gasteiger partial charge in [-0.15, -0.1) is 0 Å². The second kappa shape index (κ2) is 5.06. The molecule has 0 spiro atoms. The lowest BCUT2D eigenvalue weighted by Gasteiger charge is -2.45. The Kier molecular flexibility index (Phi) is 3.35. The Balaban J connectivity index is 1.61. The molecular weight excluding hydrogens is 270 g/mol. The Hall–Kier alpha value is -2.04. The number of benzene rings is 1. The molecule has 21 heavy (non-hydrogen) atoms. The molecule has 5 nitrogen and oxygen atoms in total. The van der Waals surface area contributed by atoms with Gasteiger partial charge in [-0.05, 0) is 23.8 Å². The fourth-order valence-electron chi connectivity index (χ4n) is 3.69. The van der Waals surface area contributed by atoms with E-state index in [4.69, 9.17) is 4.74 Å². The van der Waals surface area contributed by atoms with Gasteiger partial charge in [0.2, 0.25) is 0 Å². The fraction of sp³-hybridized carbons (Fsp3) is 0.500. The molecule has 1 heterocycles. The lowest BCUT2D eigenvalue weighted by Crippen LogP contribution is -2.51. The molecule has 0 aromatic heterocycles. The molecule has 0 radical (unpaired) electrons. The third-order valence-electron chi connectivity index (χ3n) is 4.86. The van der Waals surface area contributed by atoms with Gasteiger partial charge in [-0.25, -0.2) is 4.79 Å². The number of ether oxygens (including phenoxy) is 1. The molecular formula is C16H19NO4. The predicted molar refractivity (Wildman–Crippen MR) is 75.5 cm³/mol. The number of likely N-dealkylation sites (tertiary alicyclic amines) is 1. The third kappa shape index (κ3) is 2.26. The van der Waals surface area contributed by atoms with Crippen LogP contribution in [0.5, 0.6) is 0 Å². The largest absolute Gasteiger partial charge is 0.481 e. The lowest BCUT2D eigenvalue weighted by molar-refractivity contribution is -0.161.